The van der Waals surface area contributed by atoms with Crippen LogP contribution in [0, 0.1) is 0 Å². The Hall–Kier alpha value is -1.61. The van der Waals surface area contributed by atoms with Crippen LogP contribution in [0.3, 0.4) is 0 Å². The highest BCUT2D eigenvalue weighted by Gasteiger charge is 2.09. The van der Waals surface area contributed by atoms with Gasteiger partial charge in [-0.2, -0.15) is 0 Å². The summed E-state index contributed by atoms with van der Waals surface area (Å²) in [5.74, 6) is -0.290. The Labute approximate surface area is 108 Å². The van der Waals surface area contributed by atoms with Gasteiger partial charge in [-0.15, -0.1) is 0 Å². The fraction of sp³-hybridized carbons (Fsp3) is 0.400. The third kappa shape index (κ3) is 5.15. The molecule has 0 spiro atoms. The summed E-state index contributed by atoms with van der Waals surface area (Å²) in [7, 11) is 0. The van der Waals surface area contributed by atoms with Gasteiger partial charge in [-0.1, -0.05) is 36.4 Å². The number of hydrogen-bond donors (Lipinski definition) is 0. The molecule has 0 amide bonds. The van der Waals surface area contributed by atoms with Crippen molar-refractivity contribution < 1.29 is 14.3 Å². The smallest absolute Gasteiger partial charge is 0.336 e. The Morgan fingerprint density at radius 2 is 1.89 bits per heavy atom. The van der Waals surface area contributed by atoms with Gasteiger partial charge in [-0.05, 0) is 25.8 Å². The Bertz CT molecular complexity index is 382. The second-order valence-corrected chi connectivity index (χ2v) is 3.78. The van der Waals surface area contributed by atoms with Gasteiger partial charge in [0.1, 0.15) is 0 Å². The zero-order valence-electron chi connectivity index (χ0n) is 11.0. The number of ether oxygens (including phenoxy) is 2. The van der Waals surface area contributed by atoms with Gasteiger partial charge in [0.05, 0.1) is 18.8 Å². The van der Waals surface area contributed by atoms with Crippen molar-refractivity contribution >= 4 is 5.97 Å². The molecule has 0 N–H and O–H groups in total. The summed E-state index contributed by atoms with van der Waals surface area (Å²) >= 11 is 0. The maximum atomic E-state index is 11.7. The lowest BCUT2D eigenvalue weighted by molar-refractivity contribution is -0.139. The van der Waals surface area contributed by atoms with Crippen molar-refractivity contribution in [3.8, 4) is 0 Å². The molecule has 0 aliphatic rings. The second kappa shape index (κ2) is 8.48. The van der Waals surface area contributed by atoms with Gasteiger partial charge in [0, 0.05) is 6.61 Å². The van der Waals surface area contributed by atoms with Crippen molar-refractivity contribution in [1.82, 2.24) is 0 Å². The normalized spacial score (nSPS) is 11.3. The minimum absolute atomic E-state index is 0.290. The molecule has 0 aliphatic heterocycles. The lowest BCUT2D eigenvalue weighted by Gasteiger charge is -2.07. The van der Waals surface area contributed by atoms with Crippen molar-refractivity contribution in [2.75, 3.05) is 19.8 Å². The third-order valence-electron chi connectivity index (χ3n) is 2.43. The van der Waals surface area contributed by atoms with Crippen LogP contribution in [0.2, 0.25) is 0 Å². The molecule has 0 heterocycles. The molecule has 3 heteroatoms. The molecule has 0 atom stereocenters. The van der Waals surface area contributed by atoms with E-state index in [0.717, 1.165) is 5.56 Å². The molecule has 0 saturated carbocycles. The summed E-state index contributed by atoms with van der Waals surface area (Å²) in [6.07, 6.45) is 2.59. The van der Waals surface area contributed by atoms with Crippen LogP contribution in [-0.2, 0) is 20.7 Å². The molecule has 1 aromatic carbocycles. The lowest BCUT2D eigenvalue weighted by Crippen LogP contribution is -2.13. The maximum Gasteiger partial charge on any atom is 0.336 e. The number of rotatable bonds is 7. The SMILES string of the molecule is CCOCC(=CCc1ccccc1)C(=O)OCC. The van der Waals surface area contributed by atoms with Gasteiger partial charge < -0.3 is 9.47 Å². The molecule has 98 valence electrons. The van der Waals surface area contributed by atoms with Crippen LogP contribution < -0.4 is 0 Å². The highest BCUT2D eigenvalue weighted by molar-refractivity contribution is 5.88. The van der Waals surface area contributed by atoms with Crippen molar-refractivity contribution in [2.45, 2.75) is 20.3 Å². The molecule has 0 aliphatic carbocycles. The van der Waals surface area contributed by atoms with Crippen LogP contribution in [0.4, 0.5) is 0 Å². The van der Waals surface area contributed by atoms with E-state index in [1.165, 1.54) is 0 Å². The lowest BCUT2D eigenvalue weighted by atomic mass is 10.1. The number of benzene rings is 1. The van der Waals surface area contributed by atoms with E-state index < -0.39 is 0 Å². The monoisotopic (exact) mass is 248 g/mol. The summed E-state index contributed by atoms with van der Waals surface area (Å²) in [6.45, 7) is 4.98. The van der Waals surface area contributed by atoms with E-state index in [1.807, 2.05) is 43.3 Å². The zero-order valence-corrected chi connectivity index (χ0v) is 11.0. The van der Waals surface area contributed by atoms with Gasteiger partial charge >= 0.3 is 5.97 Å². The van der Waals surface area contributed by atoms with Gasteiger partial charge in [0.2, 0.25) is 0 Å². The Morgan fingerprint density at radius 3 is 2.50 bits per heavy atom. The van der Waals surface area contributed by atoms with E-state index in [4.69, 9.17) is 9.47 Å². The van der Waals surface area contributed by atoms with E-state index in [9.17, 15) is 4.79 Å². The molecule has 0 aromatic heterocycles. The van der Waals surface area contributed by atoms with Crippen LogP contribution in [0.15, 0.2) is 42.0 Å². The number of hydrogen-bond acceptors (Lipinski definition) is 3. The summed E-state index contributed by atoms with van der Waals surface area (Å²) < 4.78 is 10.3. The van der Waals surface area contributed by atoms with E-state index in [0.29, 0.717) is 31.8 Å². The molecule has 1 rings (SSSR count). The molecular formula is C15H20O3. The molecule has 0 fully saturated rings. The van der Waals surface area contributed by atoms with Gasteiger partial charge in [0.25, 0.3) is 0 Å². The molecule has 1 aromatic rings. The van der Waals surface area contributed by atoms with Crippen LogP contribution >= 0.6 is 0 Å². The summed E-state index contributed by atoms with van der Waals surface area (Å²) in [4.78, 5) is 11.7. The average molecular weight is 248 g/mol. The minimum Gasteiger partial charge on any atom is -0.463 e. The van der Waals surface area contributed by atoms with Crippen LogP contribution in [0.25, 0.3) is 0 Å². The number of allylic oxidation sites excluding steroid dienone is 1. The number of carbonyl (C=O) groups is 1. The topological polar surface area (TPSA) is 35.5 Å². The predicted molar refractivity (Wildman–Crippen MR) is 71.4 cm³/mol. The van der Waals surface area contributed by atoms with Gasteiger partial charge in [-0.3, -0.25) is 0 Å². The molecule has 0 radical (unpaired) electrons. The predicted octanol–water partition coefficient (Wildman–Crippen LogP) is 2.76. The molecule has 3 nitrogen and oxygen atoms in total. The highest BCUT2D eigenvalue weighted by atomic mass is 16.5. The maximum absolute atomic E-state index is 11.7. The van der Waals surface area contributed by atoms with Crippen LogP contribution in [-0.4, -0.2) is 25.8 Å². The standard InChI is InChI=1S/C15H20O3/c1-3-17-12-14(15(16)18-4-2)11-10-13-8-6-5-7-9-13/h5-9,11H,3-4,10,12H2,1-2H3. The van der Waals surface area contributed by atoms with E-state index in [1.54, 1.807) is 6.92 Å². The van der Waals surface area contributed by atoms with Crippen LogP contribution in [0.1, 0.15) is 19.4 Å². The van der Waals surface area contributed by atoms with Crippen molar-refractivity contribution in [1.29, 1.82) is 0 Å². The first-order valence-electron chi connectivity index (χ1n) is 6.25. The third-order valence-corrected chi connectivity index (χ3v) is 2.43. The van der Waals surface area contributed by atoms with E-state index >= 15 is 0 Å². The largest absolute Gasteiger partial charge is 0.463 e. The van der Waals surface area contributed by atoms with Gasteiger partial charge in [0.15, 0.2) is 0 Å². The summed E-state index contributed by atoms with van der Waals surface area (Å²) in [6, 6.07) is 9.99. The van der Waals surface area contributed by atoms with E-state index in [2.05, 4.69) is 0 Å². The summed E-state index contributed by atoms with van der Waals surface area (Å²) in [5, 5.41) is 0. The van der Waals surface area contributed by atoms with Gasteiger partial charge in [-0.25, -0.2) is 4.79 Å². The second-order valence-electron chi connectivity index (χ2n) is 3.78. The van der Waals surface area contributed by atoms with Crippen molar-refractivity contribution in [3.05, 3.63) is 47.5 Å². The Balaban J connectivity index is 2.66. The first-order chi connectivity index (χ1) is 8.77. The van der Waals surface area contributed by atoms with Crippen LogP contribution in [0.5, 0.6) is 0 Å². The minimum atomic E-state index is -0.290. The molecule has 0 bridgehead atoms. The number of carbonyl (C=O) groups excluding carboxylic acids is 1. The quantitative estimate of drug-likeness (QED) is 0.550. The van der Waals surface area contributed by atoms with Crippen molar-refractivity contribution in [3.63, 3.8) is 0 Å². The molecular weight excluding hydrogens is 228 g/mol. The fourth-order valence-electron chi connectivity index (χ4n) is 1.49. The fourth-order valence-corrected chi connectivity index (χ4v) is 1.49. The zero-order chi connectivity index (χ0) is 13.2. The molecule has 0 saturated heterocycles. The number of esters is 1. The average Bonchev–Trinajstić information content (AvgIpc) is 2.40. The molecule has 18 heavy (non-hydrogen) atoms. The first-order valence-corrected chi connectivity index (χ1v) is 6.25. The molecule has 0 unspecified atom stereocenters. The van der Waals surface area contributed by atoms with Crippen molar-refractivity contribution in [2.24, 2.45) is 0 Å². The first kappa shape index (κ1) is 14.5. The summed E-state index contributed by atoms with van der Waals surface area (Å²) in [5.41, 5.74) is 1.75. The Morgan fingerprint density at radius 1 is 1.17 bits per heavy atom. The highest BCUT2D eigenvalue weighted by Crippen LogP contribution is 2.06. The van der Waals surface area contributed by atoms with E-state index in [-0.39, 0.29) is 5.97 Å². The Kier molecular flexibility index (Phi) is 6.81.